The van der Waals surface area contributed by atoms with Crippen LogP contribution in [-0.4, -0.2) is 78.2 Å². The van der Waals surface area contributed by atoms with Gasteiger partial charge in [-0.3, -0.25) is 4.90 Å². The van der Waals surface area contributed by atoms with E-state index in [4.69, 9.17) is 37.4 Å². The molecule has 13 heteroatoms. The van der Waals surface area contributed by atoms with Gasteiger partial charge in [0.15, 0.2) is 0 Å². The molecule has 0 unspecified atom stereocenters. The normalized spacial score (nSPS) is 21.7. The zero-order valence-electron chi connectivity index (χ0n) is 21.2. The van der Waals surface area contributed by atoms with Crippen molar-refractivity contribution < 1.29 is 24.1 Å². The van der Waals surface area contributed by atoms with Crippen LogP contribution in [0.2, 0.25) is 10.0 Å². The van der Waals surface area contributed by atoms with E-state index < -0.39 is 10.9 Å². The monoisotopic (exact) mass is 577 g/mol. The number of hydrogen-bond acceptors (Lipinski definition) is 9. The number of aromatic nitrogens is 2. The van der Waals surface area contributed by atoms with Crippen molar-refractivity contribution in [1.82, 2.24) is 14.5 Å². The Hall–Kier alpha value is -3.09. The number of hydrogen-bond donors (Lipinski definition) is 0. The van der Waals surface area contributed by atoms with Gasteiger partial charge in [-0.05, 0) is 36.4 Å². The fourth-order valence-electron chi connectivity index (χ4n) is 4.79. The Morgan fingerprint density at radius 3 is 2.62 bits per heavy atom. The molecular weight excluding hydrogens is 549 g/mol. The molecule has 1 aromatic heterocycles. The van der Waals surface area contributed by atoms with Gasteiger partial charge in [-0.15, -0.1) is 10.1 Å². The molecule has 2 aliphatic rings. The molecule has 5 rings (SSSR count). The maximum Gasteiger partial charge on any atom is 0.294 e. The third-order valence-corrected chi connectivity index (χ3v) is 7.31. The van der Waals surface area contributed by atoms with E-state index in [1.165, 1.54) is 0 Å². The van der Waals surface area contributed by atoms with Gasteiger partial charge in [0.2, 0.25) is 5.79 Å². The van der Waals surface area contributed by atoms with E-state index in [9.17, 15) is 10.1 Å². The van der Waals surface area contributed by atoms with Crippen LogP contribution in [0.5, 0.6) is 5.75 Å². The van der Waals surface area contributed by atoms with Crippen LogP contribution in [0.4, 0.5) is 5.69 Å². The number of anilines is 1. The van der Waals surface area contributed by atoms with Crippen LogP contribution in [0.15, 0.2) is 61.2 Å². The number of nitrogens with zero attached hydrogens (tertiary/aromatic N) is 5. The number of ether oxygens (including phenoxy) is 3. The van der Waals surface area contributed by atoms with Gasteiger partial charge < -0.3 is 28.5 Å². The molecule has 0 N–H and O–H groups in total. The summed E-state index contributed by atoms with van der Waals surface area (Å²) in [5.74, 6) is -0.368. The van der Waals surface area contributed by atoms with Gasteiger partial charge >= 0.3 is 0 Å². The van der Waals surface area contributed by atoms with Crippen LogP contribution in [0.25, 0.3) is 0 Å². The second kappa shape index (κ2) is 12.4. The van der Waals surface area contributed by atoms with Crippen LogP contribution >= 0.6 is 23.2 Å². The molecule has 2 aromatic carbocycles. The second-order valence-electron chi connectivity index (χ2n) is 9.35. The molecule has 2 atom stereocenters. The molecule has 0 amide bonds. The maximum atomic E-state index is 10.3. The Balaban J connectivity index is 1.15. The third-order valence-electron chi connectivity index (χ3n) is 6.77. The Morgan fingerprint density at radius 1 is 1.13 bits per heavy atom. The summed E-state index contributed by atoms with van der Waals surface area (Å²) in [5.41, 5.74) is 1.79. The highest BCUT2D eigenvalue weighted by Crippen LogP contribution is 2.40. The summed E-state index contributed by atoms with van der Waals surface area (Å²) in [6.45, 7) is 4.94. The van der Waals surface area contributed by atoms with Gasteiger partial charge in [-0.2, -0.15) is 0 Å². The first-order valence-electron chi connectivity index (χ1n) is 12.6. The van der Waals surface area contributed by atoms with E-state index in [0.717, 1.165) is 37.6 Å². The second-order valence-corrected chi connectivity index (χ2v) is 10.2. The quantitative estimate of drug-likeness (QED) is 0.248. The molecule has 0 radical (unpaired) electrons. The highest BCUT2D eigenvalue weighted by molar-refractivity contribution is 6.35. The van der Waals surface area contributed by atoms with Crippen LogP contribution in [0.3, 0.4) is 0 Å². The molecule has 2 saturated heterocycles. The molecule has 3 aromatic rings. The van der Waals surface area contributed by atoms with Crippen molar-refractivity contribution in [2.24, 2.45) is 0 Å². The molecule has 39 heavy (non-hydrogen) atoms. The van der Waals surface area contributed by atoms with Gasteiger partial charge in [-0.25, -0.2) is 4.98 Å². The summed E-state index contributed by atoms with van der Waals surface area (Å²) in [5, 5.41) is 10.6. The van der Waals surface area contributed by atoms with Crippen LogP contribution in [0.1, 0.15) is 5.56 Å². The maximum absolute atomic E-state index is 10.3. The topological polar surface area (TPSA) is 104 Å². The van der Waals surface area contributed by atoms with Gasteiger partial charge in [0.05, 0.1) is 24.5 Å². The van der Waals surface area contributed by atoms with Crippen LogP contribution < -0.4 is 9.64 Å². The lowest BCUT2D eigenvalue weighted by atomic mass is 10.1. The SMILES string of the molecule is O=[N+]([O-])OCCN1CCN(c2ccc(OC[C@H]3CO[C@](Cn4ccnc4)(c4ccc(Cl)cc4Cl)O3)cc2)CC1. The van der Waals surface area contributed by atoms with E-state index >= 15 is 0 Å². The van der Waals surface area contributed by atoms with Crippen LogP contribution in [0, 0.1) is 10.1 Å². The average molecular weight is 578 g/mol. The summed E-state index contributed by atoms with van der Waals surface area (Å²) < 4.78 is 20.6. The largest absolute Gasteiger partial charge is 0.491 e. The van der Waals surface area contributed by atoms with Crippen molar-refractivity contribution in [1.29, 1.82) is 0 Å². The predicted molar refractivity (Wildman–Crippen MR) is 145 cm³/mol. The fraction of sp³-hybridized carbons (Fsp3) is 0.423. The van der Waals surface area contributed by atoms with E-state index in [1.54, 1.807) is 24.7 Å². The van der Waals surface area contributed by atoms with E-state index in [-0.39, 0.29) is 12.7 Å². The van der Waals surface area contributed by atoms with Gasteiger partial charge in [0.25, 0.3) is 5.09 Å². The van der Waals surface area contributed by atoms with Crippen molar-refractivity contribution in [2.75, 3.05) is 57.4 Å². The summed E-state index contributed by atoms with van der Waals surface area (Å²) in [6, 6.07) is 13.2. The summed E-state index contributed by atoms with van der Waals surface area (Å²) in [4.78, 5) is 23.3. The van der Waals surface area contributed by atoms with Crippen molar-refractivity contribution in [3.05, 3.63) is 86.9 Å². The molecule has 0 bridgehead atoms. The standard InChI is InChI=1S/C26H29Cl2N5O6/c27-20-1-6-24(25(28)15-20)26(18-31-8-7-29-19-31)37-17-23(39-26)16-36-22-4-2-21(3-5-22)32-11-9-30(10-12-32)13-14-38-33(34)35/h1-8,15,19,23H,9-14,16-18H2/t23-,26-/m0/s1. The van der Waals surface area contributed by atoms with Gasteiger partial charge in [0.1, 0.15) is 25.1 Å². The number of halogens is 2. The number of imidazole rings is 1. The van der Waals surface area contributed by atoms with E-state index in [1.807, 2.05) is 41.1 Å². The first-order chi connectivity index (χ1) is 18.9. The molecule has 0 spiro atoms. The van der Waals surface area contributed by atoms with Gasteiger partial charge in [-0.1, -0.05) is 29.3 Å². The molecule has 208 valence electrons. The first-order valence-corrected chi connectivity index (χ1v) is 13.4. The Labute approximate surface area is 235 Å². The third kappa shape index (κ3) is 6.92. The Kier molecular flexibility index (Phi) is 8.73. The summed E-state index contributed by atoms with van der Waals surface area (Å²) in [6.07, 6.45) is 4.93. The van der Waals surface area contributed by atoms with Crippen molar-refractivity contribution >= 4 is 28.9 Å². The molecular formula is C26H29Cl2N5O6. The summed E-state index contributed by atoms with van der Waals surface area (Å²) in [7, 11) is 0. The van der Waals surface area contributed by atoms with Crippen molar-refractivity contribution in [3.8, 4) is 5.75 Å². The summed E-state index contributed by atoms with van der Waals surface area (Å²) >= 11 is 12.7. The number of benzene rings is 2. The minimum atomic E-state index is -1.10. The predicted octanol–water partition coefficient (Wildman–Crippen LogP) is 3.87. The number of rotatable bonds is 11. The minimum absolute atomic E-state index is 0.0895. The molecule has 3 heterocycles. The molecule has 2 fully saturated rings. The first kappa shape index (κ1) is 27.5. The molecule has 11 nitrogen and oxygen atoms in total. The highest BCUT2D eigenvalue weighted by atomic mass is 35.5. The highest BCUT2D eigenvalue weighted by Gasteiger charge is 2.45. The van der Waals surface area contributed by atoms with Crippen molar-refractivity contribution in [3.63, 3.8) is 0 Å². The zero-order valence-corrected chi connectivity index (χ0v) is 22.7. The smallest absolute Gasteiger partial charge is 0.294 e. The molecule has 0 aliphatic carbocycles. The molecule has 0 saturated carbocycles. The fourth-order valence-corrected chi connectivity index (χ4v) is 5.34. The average Bonchev–Trinajstić information content (AvgIpc) is 3.59. The van der Waals surface area contributed by atoms with E-state index in [2.05, 4.69) is 19.6 Å². The zero-order chi connectivity index (χ0) is 27.2. The lowest BCUT2D eigenvalue weighted by Crippen LogP contribution is -2.47. The van der Waals surface area contributed by atoms with Gasteiger partial charge in [0, 0.05) is 61.4 Å². The lowest BCUT2D eigenvalue weighted by molar-refractivity contribution is -0.757. The van der Waals surface area contributed by atoms with E-state index in [0.29, 0.717) is 41.9 Å². The minimum Gasteiger partial charge on any atom is -0.491 e. The molecule has 2 aliphatic heterocycles. The Bertz CT molecular complexity index is 1240. The van der Waals surface area contributed by atoms with Crippen LogP contribution in [-0.2, 0) is 26.6 Å². The number of piperazine rings is 1. The Morgan fingerprint density at radius 2 is 1.92 bits per heavy atom. The lowest BCUT2D eigenvalue weighted by Gasteiger charge is -2.36. The van der Waals surface area contributed by atoms with Crippen molar-refractivity contribution in [2.45, 2.75) is 18.4 Å².